The second-order valence-electron chi connectivity index (χ2n) is 5.60. The zero-order chi connectivity index (χ0) is 10.9. The largest absolute Gasteiger partial charge is 0.381 e. The Morgan fingerprint density at radius 3 is 2.20 bits per heavy atom. The second kappa shape index (κ2) is 4.25. The van der Waals surface area contributed by atoms with E-state index in [2.05, 4.69) is 13.8 Å². The van der Waals surface area contributed by atoms with E-state index in [1.807, 2.05) is 0 Å². The Labute approximate surface area is 92.4 Å². The molecule has 0 amide bonds. The number of hydrogen-bond donors (Lipinski definition) is 0. The highest BCUT2D eigenvalue weighted by atomic mass is 16.5. The minimum Gasteiger partial charge on any atom is -0.381 e. The number of carbonyl (C=O) groups excluding carboxylic acids is 1. The van der Waals surface area contributed by atoms with Crippen molar-refractivity contribution < 1.29 is 9.53 Å². The summed E-state index contributed by atoms with van der Waals surface area (Å²) in [6, 6.07) is 0. The van der Waals surface area contributed by atoms with Gasteiger partial charge in [-0.1, -0.05) is 20.3 Å². The van der Waals surface area contributed by atoms with Crippen molar-refractivity contribution in [3.05, 3.63) is 0 Å². The van der Waals surface area contributed by atoms with E-state index in [4.69, 9.17) is 4.74 Å². The van der Waals surface area contributed by atoms with Crippen LogP contribution in [0.5, 0.6) is 0 Å². The van der Waals surface area contributed by atoms with Gasteiger partial charge in [0.15, 0.2) is 0 Å². The molecule has 0 aromatic heterocycles. The minimum atomic E-state index is -0.0831. The van der Waals surface area contributed by atoms with Crippen molar-refractivity contribution in [3.63, 3.8) is 0 Å². The molecule has 0 atom stereocenters. The van der Waals surface area contributed by atoms with Crippen LogP contribution >= 0.6 is 0 Å². The number of Topliss-reactive ketones (excluding diaryl/α,β-unsaturated/α-hetero) is 1. The fraction of sp³-hybridized carbons (Fsp3) is 0.923. The van der Waals surface area contributed by atoms with Crippen LogP contribution in [0.25, 0.3) is 0 Å². The lowest BCUT2D eigenvalue weighted by atomic mass is 9.62. The zero-order valence-corrected chi connectivity index (χ0v) is 9.92. The maximum atomic E-state index is 12.4. The Bertz CT molecular complexity index is 235. The lowest BCUT2D eigenvalue weighted by Crippen LogP contribution is -2.42. The third kappa shape index (κ3) is 2.10. The number of rotatable bonds is 3. The molecule has 0 spiro atoms. The molecule has 1 saturated carbocycles. The summed E-state index contributed by atoms with van der Waals surface area (Å²) >= 11 is 0. The van der Waals surface area contributed by atoms with Crippen molar-refractivity contribution in [2.45, 2.75) is 46.0 Å². The Morgan fingerprint density at radius 2 is 1.73 bits per heavy atom. The van der Waals surface area contributed by atoms with Gasteiger partial charge >= 0.3 is 0 Å². The summed E-state index contributed by atoms with van der Waals surface area (Å²) in [6.07, 6.45) is 5.70. The average molecular weight is 210 g/mol. The summed E-state index contributed by atoms with van der Waals surface area (Å²) in [6.45, 7) is 5.84. The quantitative estimate of drug-likeness (QED) is 0.716. The van der Waals surface area contributed by atoms with Gasteiger partial charge in [-0.2, -0.15) is 0 Å². The molecular weight excluding hydrogens is 188 g/mol. The van der Waals surface area contributed by atoms with Crippen LogP contribution in [0.4, 0.5) is 0 Å². The molecule has 0 aromatic carbocycles. The first-order valence-electron chi connectivity index (χ1n) is 6.24. The van der Waals surface area contributed by atoms with Crippen molar-refractivity contribution in [3.8, 4) is 0 Å². The van der Waals surface area contributed by atoms with E-state index in [1.54, 1.807) is 0 Å². The molecule has 0 aromatic rings. The number of carbonyl (C=O) groups is 1. The summed E-state index contributed by atoms with van der Waals surface area (Å²) in [5.74, 6) is 1.41. The molecule has 2 heteroatoms. The molecule has 0 bridgehead atoms. The van der Waals surface area contributed by atoms with Crippen molar-refractivity contribution in [1.29, 1.82) is 0 Å². The number of hydrogen-bond acceptors (Lipinski definition) is 2. The van der Waals surface area contributed by atoms with E-state index in [0.29, 0.717) is 11.7 Å². The van der Waals surface area contributed by atoms with Gasteiger partial charge in [-0.25, -0.2) is 0 Å². The molecule has 15 heavy (non-hydrogen) atoms. The van der Waals surface area contributed by atoms with E-state index in [9.17, 15) is 4.79 Å². The van der Waals surface area contributed by atoms with E-state index in [-0.39, 0.29) is 11.3 Å². The lowest BCUT2D eigenvalue weighted by Gasteiger charge is -2.41. The molecule has 1 saturated heterocycles. The van der Waals surface area contributed by atoms with Gasteiger partial charge in [0.05, 0.1) is 0 Å². The molecular formula is C13H22O2. The highest BCUT2D eigenvalue weighted by Gasteiger charge is 2.42. The van der Waals surface area contributed by atoms with E-state index >= 15 is 0 Å². The molecule has 86 valence electrons. The fourth-order valence-corrected chi connectivity index (χ4v) is 2.82. The Balaban J connectivity index is 1.98. The standard InChI is InChI=1S/C13H22O2/c1-13(2,11-4-3-5-11)12(14)10-6-8-15-9-7-10/h10-11H,3-9H2,1-2H3. The van der Waals surface area contributed by atoms with Gasteiger partial charge in [0.25, 0.3) is 0 Å². The highest BCUT2D eigenvalue weighted by Crippen LogP contribution is 2.44. The van der Waals surface area contributed by atoms with Gasteiger partial charge in [-0.3, -0.25) is 4.79 Å². The van der Waals surface area contributed by atoms with Gasteiger partial charge in [-0.15, -0.1) is 0 Å². The molecule has 2 rings (SSSR count). The van der Waals surface area contributed by atoms with Crippen LogP contribution in [-0.4, -0.2) is 19.0 Å². The van der Waals surface area contributed by atoms with Crippen LogP contribution < -0.4 is 0 Å². The third-order valence-corrected chi connectivity index (χ3v) is 4.35. The van der Waals surface area contributed by atoms with E-state index in [0.717, 1.165) is 26.1 Å². The lowest BCUT2D eigenvalue weighted by molar-refractivity contribution is -0.138. The molecule has 1 aliphatic heterocycles. The van der Waals surface area contributed by atoms with Gasteiger partial charge in [0.1, 0.15) is 5.78 Å². The van der Waals surface area contributed by atoms with Crippen molar-refractivity contribution in [2.75, 3.05) is 13.2 Å². The maximum Gasteiger partial charge on any atom is 0.141 e. The van der Waals surface area contributed by atoms with Crippen LogP contribution in [0.15, 0.2) is 0 Å². The average Bonchev–Trinajstić information content (AvgIpc) is 2.14. The second-order valence-corrected chi connectivity index (χ2v) is 5.60. The van der Waals surface area contributed by atoms with Crippen molar-refractivity contribution in [2.24, 2.45) is 17.3 Å². The smallest absolute Gasteiger partial charge is 0.141 e. The van der Waals surface area contributed by atoms with Crippen LogP contribution in [0.1, 0.15) is 46.0 Å². The van der Waals surface area contributed by atoms with Crippen LogP contribution in [0.3, 0.4) is 0 Å². The first kappa shape index (κ1) is 11.1. The monoisotopic (exact) mass is 210 g/mol. The van der Waals surface area contributed by atoms with E-state index in [1.165, 1.54) is 19.3 Å². The molecule has 1 heterocycles. The summed E-state index contributed by atoms with van der Waals surface area (Å²) in [7, 11) is 0. The molecule has 2 aliphatic rings. The van der Waals surface area contributed by atoms with Gasteiger partial charge in [0, 0.05) is 24.5 Å². The Hall–Kier alpha value is -0.370. The van der Waals surface area contributed by atoms with E-state index < -0.39 is 0 Å². The first-order chi connectivity index (χ1) is 7.12. The van der Waals surface area contributed by atoms with Gasteiger partial charge in [0.2, 0.25) is 0 Å². The predicted octanol–water partition coefficient (Wildman–Crippen LogP) is 2.81. The molecule has 2 nitrogen and oxygen atoms in total. The van der Waals surface area contributed by atoms with Crippen molar-refractivity contribution in [1.82, 2.24) is 0 Å². The predicted molar refractivity (Wildman–Crippen MR) is 59.7 cm³/mol. The number of ether oxygens (including phenoxy) is 1. The van der Waals surface area contributed by atoms with Crippen molar-refractivity contribution >= 4 is 5.78 Å². The third-order valence-electron chi connectivity index (χ3n) is 4.35. The molecule has 0 N–H and O–H groups in total. The van der Waals surface area contributed by atoms with Crippen LogP contribution in [0.2, 0.25) is 0 Å². The number of ketones is 1. The maximum absolute atomic E-state index is 12.4. The Kier molecular flexibility index (Phi) is 3.15. The molecule has 0 radical (unpaired) electrons. The highest BCUT2D eigenvalue weighted by molar-refractivity contribution is 5.86. The zero-order valence-electron chi connectivity index (χ0n) is 9.92. The normalized spacial score (nSPS) is 24.9. The fourth-order valence-electron chi connectivity index (χ4n) is 2.82. The summed E-state index contributed by atoms with van der Waals surface area (Å²) in [5, 5.41) is 0. The SMILES string of the molecule is CC(C)(C(=O)C1CCOCC1)C1CCC1. The summed E-state index contributed by atoms with van der Waals surface area (Å²) < 4.78 is 5.31. The Morgan fingerprint density at radius 1 is 1.13 bits per heavy atom. The summed E-state index contributed by atoms with van der Waals surface area (Å²) in [4.78, 5) is 12.4. The van der Waals surface area contributed by atoms with Gasteiger partial charge in [-0.05, 0) is 31.6 Å². The van der Waals surface area contributed by atoms with Crippen LogP contribution in [0, 0.1) is 17.3 Å². The van der Waals surface area contributed by atoms with Crippen LogP contribution in [-0.2, 0) is 9.53 Å². The molecule has 1 aliphatic carbocycles. The molecule has 0 unspecified atom stereocenters. The summed E-state index contributed by atoms with van der Waals surface area (Å²) in [5.41, 5.74) is -0.0831. The van der Waals surface area contributed by atoms with Gasteiger partial charge < -0.3 is 4.74 Å². The first-order valence-corrected chi connectivity index (χ1v) is 6.24. The topological polar surface area (TPSA) is 26.3 Å². The molecule has 2 fully saturated rings. The minimum absolute atomic E-state index is 0.0831.